The monoisotopic (exact) mass is 281 g/mol. The summed E-state index contributed by atoms with van der Waals surface area (Å²) in [6.45, 7) is 12.9. The van der Waals surface area contributed by atoms with Gasteiger partial charge in [0.2, 0.25) is 0 Å². The third-order valence-electron chi connectivity index (χ3n) is 4.22. The number of hydrogen-bond donors (Lipinski definition) is 1. The SMILES string of the molecule is CC[C@H]1CN(Cc2c(C)noc2C)CCN1C[C@H](C)O. The maximum absolute atomic E-state index is 9.59. The Morgan fingerprint density at radius 2 is 2.15 bits per heavy atom. The molecule has 2 atom stereocenters. The topological polar surface area (TPSA) is 52.7 Å². The molecular formula is C15H27N3O2. The molecule has 5 heteroatoms. The summed E-state index contributed by atoms with van der Waals surface area (Å²) < 4.78 is 5.24. The van der Waals surface area contributed by atoms with Crippen LogP contribution in [0.4, 0.5) is 0 Å². The number of aliphatic hydroxyl groups excluding tert-OH is 1. The molecule has 1 fully saturated rings. The summed E-state index contributed by atoms with van der Waals surface area (Å²) >= 11 is 0. The van der Waals surface area contributed by atoms with Crippen molar-refractivity contribution in [3.8, 4) is 0 Å². The fourth-order valence-corrected chi connectivity index (χ4v) is 3.02. The molecule has 0 spiro atoms. The second-order valence-electron chi connectivity index (χ2n) is 5.94. The van der Waals surface area contributed by atoms with Gasteiger partial charge < -0.3 is 9.63 Å². The molecule has 1 aromatic heterocycles. The van der Waals surface area contributed by atoms with Crippen LogP contribution >= 0.6 is 0 Å². The molecule has 0 radical (unpaired) electrons. The molecule has 1 aromatic rings. The predicted molar refractivity (Wildman–Crippen MR) is 78.6 cm³/mol. The van der Waals surface area contributed by atoms with Gasteiger partial charge in [0.05, 0.1) is 11.8 Å². The zero-order valence-electron chi connectivity index (χ0n) is 13.1. The van der Waals surface area contributed by atoms with Crippen LogP contribution in [0.15, 0.2) is 4.52 Å². The fourth-order valence-electron chi connectivity index (χ4n) is 3.02. The number of nitrogens with zero attached hydrogens (tertiary/aromatic N) is 3. The molecule has 0 unspecified atom stereocenters. The molecule has 2 heterocycles. The molecule has 1 N–H and O–H groups in total. The Morgan fingerprint density at radius 1 is 1.40 bits per heavy atom. The number of piperazine rings is 1. The van der Waals surface area contributed by atoms with Gasteiger partial charge in [-0.25, -0.2) is 0 Å². The van der Waals surface area contributed by atoms with E-state index in [0.29, 0.717) is 6.04 Å². The minimum Gasteiger partial charge on any atom is -0.392 e. The zero-order valence-corrected chi connectivity index (χ0v) is 13.1. The van der Waals surface area contributed by atoms with E-state index in [1.54, 1.807) is 0 Å². The molecule has 0 amide bonds. The van der Waals surface area contributed by atoms with Crippen molar-refractivity contribution in [2.45, 2.75) is 52.8 Å². The van der Waals surface area contributed by atoms with Crippen LogP contribution in [0.1, 0.15) is 37.3 Å². The number of β-amino-alcohol motifs (C(OH)–C–C–N with tert-alkyl or cyclic N) is 1. The van der Waals surface area contributed by atoms with E-state index in [9.17, 15) is 5.11 Å². The molecule has 20 heavy (non-hydrogen) atoms. The van der Waals surface area contributed by atoms with E-state index >= 15 is 0 Å². The normalized spacial score (nSPS) is 23.1. The Kier molecular flexibility index (Phi) is 5.18. The summed E-state index contributed by atoms with van der Waals surface area (Å²) in [5.74, 6) is 0.932. The Balaban J connectivity index is 1.96. The Hall–Kier alpha value is -0.910. The predicted octanol–water partition coefficient (Wildman–Crippen LogP) is 1.57. The lowest BCUT2D eigenvalue weighted by Crippen LogP contribution is -2.54. The average Bonchev–Trinajstić information content (AvgIpc) is 2.71. The highest BCUT2D eigenvalue weighted by atomic mass is 16.5. The highest BCUT2D eigenvalue weighted by Crippen LogP contribution is 2.19. The Labute approximate surface area is 121 Å². The van der Waals surface area contributed by atoms with Crippen molar-refractivity contribution < 1.29 is 9.63 Å². The van der Waals surface area contributed by atoms with Crippen LogP contribution in [0.5, 0.6) is 0 Å². The molecule has 0 aliphatic carbocycles. The first-order valence-electron chi connectivity index (χ1n) is 7.57. The van der Waals surface area contributed by atoms with Gasteiger partial charge in [0, 0.05) is 44.3 Å². The van der Waals surface area contributed by atoms with Gasteiger partial charge in [0.15, 0.2) is 0 Å². The van der Waals surface area contributed by atoms with Crippen LogP contribution in [0, 0.1) is 13.8 Å². The lowest BCUT2D eigenvalue weighted by molar-refractivity contribution is 0.0336. The third kappa shape index (κ3) is 3.59. The average molecular weight is 281 g/mol. The minimum atomic E-state index is -0.252. The van der Waals surface area contributed by atoms with Crippen molar-refractivity contribution in [2.24, 2.45) is 0 Å². The number of aliphatic hydroxyl groups is 1. The van der Waals surface area contributed by atoms with E-state index in [1.807, 2.05) is 20.8 Å². The lowest BCUT2D eigenvalue weighted by Gasteiger charge is -2.41. The van der Waals surface area contributed by atoms with Crippen LogP contribution in [0.3, 0.4) is 0 Å². The molecule has 0 saturated carbocycles. The summed E-state index contributed by atoms with van der Waals surface area (Å²) in [4.78, 5) is 4.88. The van der Waals surface area contributed by atoms with Crippen LogP contribution in [0.2, 0.25) is 0 Å². The first-order chi connectivity index (χ1) is 9.51. The smallest absolute Gasteiger partial charge is 0.138 e. The van der Waals surface area contributed by atoms with E-state index in [1.165, 1.54) is 5.56 Å². The number of rotatable bonds is 5. The third-order valence-corrected chi connectivity index (χ3v) is 4.22. The molecule has 1 aliphatic heterocycles. The zero-order chi connectivity index (χ0) is 14.7. The highest BCUT2D eigenvalue weighted by Gasteiger charge is 2.27. The molecular weight excluding hydrogens is 254 g/mol. The van der Waals surface area contributed by atoms with Gasteiger partial charge in [-0.15, -0.1) is 0 Å². The molecule has 5 nitrogen and oxygen atoms in total. The van der Waals surface area contributed by atoms with E-state index in [4.69, 9.17) is 4.52 Å². The first-order valence-corrected chi connectivity index (χ1v) is 7.57. The summed E-state index contributed by atoms with van der Waals surface area (Å²) in [5, 5.41) is 13.6. The van der Waals surface area contributed by atoms with Gasteiger partial charge in [-0.2, -0.15) is 0 Å². The van der Waals surface area contributed by atoms with Gasteiger partial charge in [0.1, 0.15) is 5.76 Å². The lowest BCUT2D eigenvalue weighted by atomic mass is 10.1. The highest BCUT2D eigenvalue weighted by molar-refractivity contribution is 5.20. The maximum Gasteiger partial charge on any atom is 0.138 e. The van der Waals surface area contributed by atoms with E-state index in [-0.39, 0.29) is 6.10 Å². The summed E-state index contributed by atoms with van der Waals surface area (Å²) in [6, 6.07) is 0.527. The fraction of sp³-hybridized carbons (Fsp3) is 0.800. The van der Waals surface area contributed by atoms with Gasteiger partial charge in [-0.05, 0) is 27.2 Å². The molecule has 1 aliphatic rings. The Bertz CT molecular complexity index is 411. The van der Waals surface area contributed by atoms with Gasteiger partial charge in [-0.3, -0.25) is 9.80 Å². The number of hydrogen-bond acceptors (Lipinski definition) is 5. The number of aromatic nitrogens is 1. The van der Waals surface area contributed by atoms with Crippen molar-refractivity contribution in [2.75, 3.05) is 26.2 Å². The van der Waals surface area contributed by atoms with Gasteiger partial charge in [-0.1, -0.05) is 12.1 Å². The second-order valence-corrected chi connectivity index (χ2v) is 5.94. The summed E-state index contributed by atoms with van der Waals surface area (Å²) in [5.41, 5.74) is 2.23. The number of aryl methyl sites for hydroxylation is 2. The Morgan fingerprint density at radius 3 is 2.70 bits per heavy atom. The standard InChI is InChI=1S/C15H27N3O2/c1-5-14-9-17(6-7-18(14)8-11(2)19)10-15-12(3)16-20-13(15)4/h11,14,19H,5-10H2,1-4H3/t11-,14-/m0/s1. The van der Waals surface area contributed by atoms with Crippen LogP contribution < -0.4 is 0 Å². The van der Waals surface area contributed by atoms with E-state index in [2.05, 4.69) is 21.9 Å². The van der Waals surface area contributed by atoms with Crippen LogP contribution in [0.25, 0.3) is 0 Å². The molecule has 0 bridgehead atoms. The summed E-state index contributed by atoms with van der Waals surface area (Å²) in [7, 11) is 0. The van der Waals surface area contributed by atoms with E-state index < -0.39 is 0 Å². The molecule has 0 aromatic carbocycles. The van der Waals surface area contributed by atoms with Gasteiger partial charge >= 0.3 is 0 Å². The molecule has 1 saturated heterocycles. The van der Waals surface area contributed by atoms with E-state index in [0.717, 1.165) is 50.6 Å². The second kappa shape index (κ2) is 6.70. The van der Waals surface area contributed by atoms with Crippen molar-refractivity contribution in [3.05, 3.63) is 17.0 Å². The van der Waals surface area contributed by atoms with Gasteiger partial charge in [0.25, 0.3) is 0 Å². The quantitative estimate of drug-likeness (QED) is 0.888. The molecule has 2 rings (SSSR count). The minimum absolute atomic E-state index is 0.252. The van der Waals surface area contributed by atoms with Crippen molar-refractivity contribution >= 4 is 0 Å². The van der Waals surface area contributed by atoms with Crippen LogP contribution in [-0.4, -0.2) is 58.4 Å². The molecule has 114 valence electrons. The van der Waals surface area contributed by atoms with Crippen molar-refractivity contribution in [1.82, 2.24) is 15.0 Å². The van der Waals surface area contributed by atoms with Crippen LogP contribution in [-0.2, 0) is 6.54 Å². The largest absolute Gasteiger partial charge is 0.392 e. The maximum atomic E-state index is 9.59. The van der Waals surface area contributed by atoms with Crippen molar-refractivity contribution in [3.63, 3.8) is 0 Å². The van der Waals surface area contributed by atoms with Crippen molar-refractivity contribution in [1.29, 1.82) is 0 Å². The first kappa shape index (κ1) is 15.5. The summed E-state index contributed by atoms with van der Waals surface area (Å²) in [6.07, 6.45) is 0.864.